The van der Waals surface area contributed by atoms with E-state index in [0.717, 1.165) is 37.1 Å². The maximum Gasteiger partial charge on any atom is 0.251 e. The predicted octanol–water partition coefficient (Wildman–Crippen LogP) is 7.52. The highest BCUT2D eigenvalue weighted by atomic mass is 19.1. The van der Waals surface area contributed by atoms with Crippen molar-refractivity contribution < 1.29 is 18.3 Å². The number of anilines is 1. The van der Waals surface area contributed by atoms with Gasteiger partial charge in [0.25, 0.3) is 5.91 Å². The normalized spacial score (nSPS) is 13.7. The van der Waals surface area contributed by atoms with E-state index in [9.17, 15) is 14.4 Å². The maximum absolute atomic E-state index is 14.7. The average molecular weight is 633 g/mol. The Hall–Kier alpha value is -5.30. The molecule has 0 atom stereocenters. The summed E-state index contributed by atoms with van der Waals surface area (Å²) in [6.07, 6.45) is 4.96. The molecule has 1 fully saturated rings. The fraction of sp³-hybridized carbons (Fsp3) is 0.324. The third-order valence-corrected chi connectivity index (χ3v) is 8.38. The zero-order chi connectivity index (χ0) is 33.1. The van der Waals surface area contributed by atoms with Gasteiger partial charge in [-0.05, 0) is 87.1 Å². The number of piperidine rings is 1. The zero-order valence-corrected chi connectivity index (χ0v) is 27.0. The van der Waals surface area contributed by atoms with Crippen molar-refractivity contribution >= 4 is 23.0 Å². The van der Waals surface area contributed by atoms with Gasteiger partial charge in [-0.2, -0.15) is 5.26 Å². The highest BCUT2D eigenvalue weighted by Crippen LogP contribution is 2.34. The Labute approximate surface area is 273 Å². The number of halogens is 1. The van der Waals surface area contributed by atoms with Crippen LogP contribution in [-0.4, -0.2) is 46.6 Å². The molecule has 0 aliphatic carbocycles. The summed E-state index contributed by atoms with van der Waals surface area (Å²) in [6, 6.07) is 17.8. The van der Waals surface area contributed by atoms with Crippen LogP contribution < -0.4 is 15.0 Å². The van der Waals surface area contributed by atoms with Crippen LogP contribution >= 0.6 is 0 Å². The number of aromatic nitrogens is 3. The zero-order valence-electron chi connectivity index (χ0n) is 27.0. The van der Waals surface area contributed by atoms with Gasteiger partial charge < -0.3 is 19.4 Å². The number of carbonyl (C=O) groups excluding carboxylic acids is 1. The topological polar surface area (TPSA) is 117 Å². The van der Waals surface area contributed by atoms with Gasteiger partial charge in [-0.1, -0.05) is 19.9 Å². The third kappa shape index (κ3) is 6.94. The summed E-state index contributed by atoms with van der Waals surface area (Å²) in [5.41, 5.74) is 5.06. The van der Waals surface area contributed by atoms with E-state index in [1.807, 2.05) is 32.0 Å². The van der Waals surface area contributed by atoms with E-state index < -0.39 is 0 Å². The van der Waals surface area contributed by atoms with Gasteiger partial charge in [0.05, 0.1) is 23.3 Å². The molecule has 6 rings (SSSR count). The summed E-state index contributed by atoms with van der Waals surface area (Å²) in [5, 5.41) is 12.5. The molecular weight excluding hydrogens is 595 g/mol. The second kappa shape index (κ2) is 13.6. The lowest BCUT2D eigenvalue weighted by Crippen LogP contribution is -2.39. The van der Waals surface area contributed by atoms with Crippen LogP contribution in [0.15, 0.2) is 71.4 Å². The lowest BCUT2D eigenvalue weighted by Gasteiger charge is -2.32. The molecule has 10 heteroatoms. The molecule has 1 saturated heterocycles. The van der Waals surface area contributed by atoms with Crippen LogP contribution in [0, 0.1) is 23.1 Å². The highest BCUT2D eigenvalue weighted by Gasteiger charge is 2.23. The number of amides is 1. The number of carbonyl (C=O) groups is 1. The molecule has 0 unspecified atom stereocenters. The van der Waals surface area contributed by atoms with Crippen LogP contribution in [0.5, 0.6) is 5.75 Å². The summed E-state index contributed by atoms with van der Waals surface area (Å²) in [7, 11) is 0. The van der Waals surface area contributed by atoms with Crippen LogP contribution in [0.1, 0.15) is 67.9 Å². The molecule has 9 nitrogen and oxygen atoms in total. The SMILES string of the molecule is CC(C)Oc1cccc(F)c1-c1cnc(N2CCC(CNC(=O)c3ccc(-c4nc5cc(C#N)cc(C(C)C)c5o4)cc3)CC2)nc1. The van der Waals surface area contributed by atoms with E-state index in [1.165, 1.54) is 6.07 Å². The van der Waals surface area contributed by atoms with Crippen molar-refractivity contribution in [1.82, 2.24) is 20.3 Å². The largest absolute Gasteiger partial charge is 0.490 e. The van der Waals surface area contributed by atoms with E-state index >= 15 is 0 Å². The van der Waals surface area contributed by atoms with Crippen molar-refractivity contribution in [3.8, 4) is 34.4 Å². The number of rotatable bonds is 9. The van der Waals surface area contributed by atoms with Crippen molar-refractivity contribution in [2.24, 2.45) is 5.92 Å². The minimum Gasteiger partial charge on any atom is -0.490 e. The average Bonchev–Trinajstić information content (AvgIpc) is 3.51. The minimum absolute atomic E-state index is 0.0898. The smallest absolute Gasteiger partial charge is 0.251 e. The van der Waals surface area contributed by atoms with Gasteiger partial charge in [0, 0.05) is 54.3 Å². The lowest BCUT2D eigenvalue weighted by molar-refractivity contribution is 0.0945. The van der Waals surface area contributed by atoms with Gasteiger partial charge in [0.15, 0.2) is 5.58 Å². The summed E-state index contributed by atoms with van der Waals surface area (Å²) in [4.78, 5) is 28.8. The van der Waals surface area contributed by atoms with Crippen LogP contribution in [0.4, 0.5) is 10.3 Å². The van der Waals surface area contributed by atoms with E-state index in [4.69, 9.17) is 9.15 Å². The van der Waals surface area contributed by atoms with Crippen molar-refractivity contribution in [3.05, 3.63) is 89.5 Å². The molecule has 2 aromatic heterocycles. The minimum atomic E-state index is -0.377. The monoisotopic (exact) mass is 632 g/mol. The lowest BCUT2D eigenvalue weighted by atomic mass is 9.97. The Morgan fingerprint density at radius 2 is 1.79 bits per heavy atom. The standard InChI is InChI=1S/C37H37FN6O3/c1-22(2)29-16-25(18-39)17-31-34(29)47-36(43-31)27-10-8-26(9-11-27)35(45)40-19-24-12-14-44(15-13-24)37-41-20-28(21-42-37)33-30(38)6-5-7-32(33)46-23(3)4/h5-11,16-17,20-24H,12-15,19H2,1-4H3,(H,40,45). The van der Waals surface area contributed by atoms with Crippen molar-refractivity contribution in [2.75, 3.05) is 24.5 Å². The number of nitriles is 1. The van der Waals surface area contributed by atoms with Crippen molar-refractivity contribution in [3.63, 3.8) is 0 Å². The molecule has 1 amide bonds. The first-order valence-corrected chi connectivity index (χ1v) is 16.0. The molecule has 3 aromatic carbocycles. The number of fused-ring (bicyclic) bond motifs is 1. The number of nitrogens with one attached hydrogen (secondary N) is 1. The number of ether oxygens (including phenoxy) is 1. The first kappa shape index (κ1) is 31.7. The first-order chi connectivity index (χ1) is 22.7. The van der Waals surface area contributed by atoms with Gasteiger partial charge in [0.2, 0.25) is 11.8 Å². The fourth-order valence-corrected chi connectivity index (χ4v) is 5.87. The quantitative estimate of drug-likeness (QED) is 0.177. The molecule has 0 bridgehead atoms. The van der Waals surface area contributed by atoms with E-state index in [-0.39, 0.29) is 23.7 Å². The molecule has 1 N–H and O–H groups in total. The molecule has 5 aromatic rings. The number of nitrogens with zero attached hydrogens (tertiary/aromatic N) is 5. The number of benzene rings is 3. The molecule has 0 spiro atoms. The molecule has 1 aliphatic rings. The van der Waals surface area contributed by atoms with E-state index in [2.05, 4.69) is 45.1 Å². The summed E-state index contributed by atoms with van der Waals surface area (Å²) >= 11 is 0. The number of hydrogen-bond donors (Lipinski definition) is 1. The van der Waals surface area contributed by atoms with Crippen LogP contribution in [0.25, 0.3) is 33.7 Å². The second-order valence-corrected chi connectivity index (χ2v) is 12.5. The predicted molar refractivity (Wildman–Crippen MR) is 179 cm³/mol. The van der Waals surface area contributed by atoms with E-state index in [1.54, 1.807) is 42.7 Å². The van der Waals surface area contributed by atoms with Crippen molar-refractivity contribution in [2.45, 2.75) is 52.6 Å². The Morgan fingerprint density at radius 3 is 2.45 bits per heavy atom. The van der Waals surface area contributed by atoms with Crippen LogP contribution in [0.3, 0.4) is 0 Å². The molecular formula is C37H37FN6O3. The fourth-order valence-electron chi connectivity index (χ4n) is 5.87. The van der Waals surface area contributed by atoms with E-state index in [0.29, 0.717) is 63.4 Å². The van der Waals surface area contributed by atoms with Crippen molar-refractivity contribution in [1.29, 1.82) is 5.26 Å². The molecule has 240 valence electrons. The Morgan fingerprint density at radius 1 is 1.06 bits per heavy atom. The Balaban J connectivity index is 1.03. The third-order valence-electron chi connectivity index (χ3n) is 8.38. The van der Waals surface area contributed by atoms with Crippen LogP contribution in [-0.2, 0) is 0 Å². The van der Waals surface area contributed by atoms with Crippen LogP contribution in [0.2, 0.25) is 0 Å². The van der Waals surface area contributed by atoms with Gasteiger partial charge in [-0.3, -0.25) is 4.79 Å². The van der Waals surface area contributed by atoms with Gasteiger partial charge in [-0.25, -0.2) is 19.3 Å². The van der Waals surface area contributed by atoms with Gasteiger partial charge in [-0.15, -0.1) is 0 Å². The summed E-state index contributed by atoms with van der Waals surface area (Å²) in [6.45, 7) is 10.00. The first-order valence-electron chi connectivity index (χ1n) is 16.0. The molecule has 1 aliphatic heterocycles. The van der Waals surface area contributed by atoms with Gasteiger partial charge >= 0.3 is 0 Å². The summed E-state index contributed by atoms with van der Waals surface area (Å²) in [5.74, 6) is 1.51. The Bertz CT molecular complexity index is 1920. The summed E-state index contributed by atoms with van der Waals surface area (Å²) < 4.78 is 26.6. The highest BCUT2D eigenvalue weighted by molar-refractivity contribution is 5.94. The Kier molecular flexibility index (Phi) is 9.16. The number of hydrogen-bond acceptors (Lipinski definition) is 8. The maximum atomic E-state index is 14.7. The molecule has 0 radical (unpaired) electrons. The van der Waals surface area contributed by atoms with Gasteiger partial charge in [0.1, 0.15) is 17.1 Å². The molecule has 47 heavy (non-hydrogen) atoms. The molecule has 0 saturated carbocycles. The second-order valence-electron chi connectivity index (χ2n) is 12.5. The number of oxazole rings is 1. The molecule has 3 heterocycles.